The lowest BCUT2D eigenvalue weighted by Gasteiger charge is -2.55. The van der Waals surface area contributed by atoms with Crippen molar-refractivity contribution in [1.82, 2.24) is 0 Å². The maximum Gasteiger partial charge on any atom is 0.308 e. The van der Waals surface area contributed by atoms with Gasteiger partial charge in [0.2, 0.25) is 0 Å². The summed E-state index contributed by atoms with van der Waals surface area (Å²) in [6.45, 7) is 12.7. The van der Waals surface area contributed by atoms with Gasteiger partial charge in [-0.1, -0.05) is 44.7 Å². The Hall–Kier alpha value is -2.04. The van der Waals surface area contributed by atoms with Crippen LogP contribution in [0.25, 0.3) is 0 Å². The van der Waals surface area contributed by atoms with Crippen LogP contribution in [0.15, 0.2) is 36.5 Å². The summed E-state index contributed by atoms with van der Waals surface area (Å²) in [6, 6.07) is 0. The van der Waals surface area contributed by atoms with Gasteiger partial charge in [0, 0.05) is 32.1 Å². The quantitative estimate of drug-likeness (QED) is 0.155. The molecule has 10 aliphatic rings. The molecule has 10 heterocycles. The fourth-order valence-corrected chi connectivity index (χ4v) is 13.2. The summed E-state index contributed by atoms with van der Waals surface area (Å²) < 4.78 is 68.1. The van der Waals surface area contributed by atoms with Crippen molar-refractivity contribution in [2.24, 2.45) is 11.8 Å². The molecule has 0 aromatic rings. The molecule has 344 valence electrons. The Kier molecular flexibility index (Phi) is 12.5. The molecule has 10 rings (SSSR count). The molecule has 8 saturated heterocycles. The highest BCUT2D eigenvalue weighted by Crippen LogP contribution is 2.48. The van der Waals surface area contributed by atoms with Crippen molar-refractivity contribution >= 4 is 12.3 Å². The predicted octanol–water partition coefficient (Wildman–Crippen LogP) is 5.95. The van der Waals surface area contributed by atoms with E-state index < -0.39 is 23.4 Å². The summed E-state index contributed by atoms with van der Waals surface area (Å²) in [5.41, 5.74) is -0.638. The van der Waals surface area contributed by atoms with E-state index in [9.17, 15) is 14.7 Å². The number of carbonyl (C=O) groups is 2. The monoisotopic (exact) mass is 866 g/mol. The number of aldehydes is 1. The van der Waals surface area contributed by atoms with Crippen LogP contribution in [0.2, 0.25) is 0 Å². The maximum atomic E-state index is 12.3. The van der Waals surface area contributed by atoms with Gasteiger partial charge in [-0.05, 0) is 89.0 Å². The van der Waals surface area contributed by atoms with Crippen LogP contribution in [-0.2, 0) is 57.0 Å². The molecular weight excluding hydrogens is 797 g/mol. The summed E-state index contributed by atoms with van der Waals surface area (Å²) in [5, 5.41) is 11.2. The van der Waals surface area contributed by atoms with Crippen LogP contribution in [0, 0.1) is 11.8 Å². The molecule has 1 unspecified atom stereocenters. The van der Waals surface area contributed by atoms with Gasteiger partial charge in [0.05, 0.1) is 103 Å². The van der Waals surface area contributed by atoms with Gasteiger partial charge in [0.1, 0.15) is 30.7 Å². The van der Waals surface area contributed by atoms with Crippen molar-refractivity contribution in [3.05, 3.63) is 36.5 Å². The number of aliphatic hydroxyl groups excluding tert-OH is 1. The van der Waals surface area contributed by atoms with Crippen LogP contribution >= 0.6 is 0 Å². The molecule has 13 nitrogen and oxygen atoms in total. The molecule has 0 aromatic heterocycles. The smallest absolute Gasteiger partial charge is 0.308 e. The maximum absolute atomic E-state index is 12.3. The van der Waals surface area contributed by atoms with Gasteiger partial charge in [-0.3, -0.25) is 9.59 Å². The first-order chi connectivity index (χ1) is 29.8. The van der Waals surface area contributed by atoms with Gasteiger partial charge in [-0.25, -0.2) is 0 Å². The Morgan fingerprint density at radius 2 is 1.42 bits per heavy atom. The van der Waals surface area contributed by atoms with E-state index in [1.54, 1.807) is 0 Å². The first kappa shape index (κ1) is 43.8. The topological polar surface area (TPSA) is 147 Å². The Morgan fingerprint density at radius 3 is 2.26 bits per heavy atom. The van der Waals surface area contributed by atoms with Crippen molar-refractivity contribution in [3.8, 4) is 0 Å². The number of hydrogen-bond acceptors (Lipinski definition) is 13. The van der Waals surface area contributed by atoms with Crippen molar-refractivity contribution in [2.45, 2.75) is 245 Å². The molecular formula is C49H70O13. The van der Waals surface area contributed by atoms with Crippen LogP contribution in [0.3, 0.4) is 0 Å². The highest BCUT2D eigenvalue weighted by atomic mass is 16.6. The average Bonchev–Trinajstić information content (AvgIpc) is 3.52. The van der Waals surface area contributed by atoms with E-state index in [0.717, 1.165) is 57.7 Å². The molecule has 13 heteroatoms. The lowest BCUT2D eigenvalue weighted by Crippen LogP contribution is -2.65. The van der Waals surface area contributed by atoms with Crippen molar-refractivity contribution < 1.29 is 62.1 Å². The van der Waals surface area contributed by atoms with Crippen LogP contribution < -0.4 is 0 Å². The third kappa shape index (κ3) is 8.71. The number of fused-ring (bicyclic) bond motifs is 9. The van der Waals surface area contributed by atoms with Crippen LogP contribution in [0.5, 0.6) is 0 Å². The number of aliphatic hydroxyl groups is 1. The minimum Gasteiger partial charge on any atom is -0.459 e. The number of esters is 1. The minimum atomic E-state index is -0.697. The van der Waals surface area contributed by atoms with Crippen LogP contribution in [-0.4, -0.2) is 138 Å². The van der Waals surface area contributed by atoms with Crippen LogP contribution in [0.1, 0.15) is 124 Å². The highest BCUT2D eigenvalue weighted by Gasteiger charge is 2.57. The van der Waals surface area contributed by atoms with Crippen molar-refractivity contribution in [2.75, 3.05) is 0 Å². The zero-order valence-electron chi connectivity index (χ0n) is 37.1. The molecule has 10 aliphatic heterocycles. The lowest BCUT2D eigenvalue weighted by molar-refractivity contribution is -0.316. The minimum absolute atomic E-state index is 0.0861. The van der Waals surface area contributed by atoms with Crippen molar-refractivity contribution in [3.63, 3.8) is 0 Å². The Balaban J connectivity index is 0.817. The zero-order valence-corrected chi connectivity index (χ0v) is 37.1. The molecule has 0 aliphatic carbocycles. The normalized spacial score (nSPS) is 53.8. The molecule has 22 atom stereocenters. The first-order valence-corrected chi connectivity index (χ1v) is 24.1. The Bertz CT molecular complexity index is 1720. The average molecular weight is 867 g/mol. The van der Waals surface area contributed by atoms with E-state index in [1.165, 1.54) is 0 Å². The SMILES string of the molecule is C=C(C=O)C[C@@H]1CC(O)[C@@H]2O[C@@H]3C[C@]4(C)O[C@@H]5/C=C\C[C@@H]6O[C@H]7[C@H](C/C=C\C[C@H]6O[C@H]5CCC[C@H]4O[C@H]3C[C@H]2O1)O[C@@H]1C[C@@H]2O[C@@H]3CC(=O)O[C@H]3C[C@@H](C)C[C@@]2(C)O[C@H]1C[C@@H]7C. The largest absolute Gasteiger partial charge is 0.459 e. The molecule has 1 N–H and O–H groups in total. The molecule has 62 heavy (non-hydrogen) atoms. The van der Waals surface area contributed by atoms with E-state index in [4.69, 9.17) is 47.4 Å². The standard InChI is InChI=1S/C49H70O13/c1-26-17-36-39(22-45(52)58-36)57-44-21-38-40(62-48(44,4)23-26)18-28(3)46-35(55-38)11-7-6-10-31-32(59-46)12-8-14-34-33(54-31)13-9-15-43-49(5,61-34)24-42-37(56-43)20-41-47(60-42)30(51)19-29(53-41)16-27(2)25-50/h6-8,14,25-26,28-44,46-47,51H,2,9-13,15-24H2,1,3-5H3/b7-6-,14-8-/t26-,28+,29-,30?,31-,32+,33+,34-,35+,36+,37+,38-,39-,40+,41-,42-,43-,44+,46-,47+,48-,49+/m1/s1. The van der Waals surface area contributed by atoms with Crippen molar-refractivity contribution in [1.29, 1.82) is 0 Å². The second-order valence-corrected chi connectivity index (χ2v) is 21.2. The summed E-state index contributed by atoms with van der Waals surface area (Å²) in [7, 11) is 0. The van der Waals surface area contributed by atoms with E-state index in [-0.39, 0.29) is 110 Å². The highest BCUT2D eigenvalue weighted by molar-refractivity contribution is 5.72. The van der Waals surface area contributed by atoms with Gasteiger partial charge in [0.25, 0.3) is 0 Å². The molecule has 0 amide bonds. The summed E-state index contributed by atoms with van der Waals surface area (Å²) in [4.78, 5) is 23.6. The van der Waals surface area contributed by atoms with E-state index in [2.05, 4.69) is 58.6 Å². The van der Waals surface area contributed by atoms with Gasteiger partial charge in [-0.2, -0.15) is 0 Å². The Morgan fingerprint density at radius 1 is 0.694 bits per heavy atom. The van der Waals surface area contributed by atoms with Gasteiger partial charge in [0.15, 0.2) is 0 Å². The molecule has 0 spiro atoms. The van der Waals surface area contributed by atoms with E-state index >= 15 is 0 Å². The van der Waals surface area contributed by atoms with Gasteiger partial charge >= 0.3 is 5.97 Å². The molecule has 0 aromatic carbocycles. The van der Waals surface area contributed by atoms with E-state index in [1.807, 2.05) is 0 Å². The van der Waals surface area contributed by atoms with Gasteiger partial charge < -0.3 is 52.5 Å². The summed E-state index contributed by atoms with van der Waals surface area (Å²) in [6.07, 6.45) is 15.7. The number of rotatable bonds is 3. The van der Waals surface area contributed by atoms with Gasteiger partial charge in [-0.15, -0.1) is 0 Å². The number of carbonyl (C=O) groups excluding carboxylic acids is 2. The fraction of sp³-hybridized carbons (Fsp3) is 0.837. The Labute approximate surface area is 366 Å². The molecule has 0 radical (unpaired) electrons. The molecule has 0 saturated carbocycles. The molecule has 8 fully saturated rings. The number of hydrogen-bond donors (Lipinski definition) is 1. The number of ether oxygens (including phenoxy) is 10. The lowest BCUT2D eigenvalue weighted by atomic mass is 9.78. The zero-order chi connectivity index (χ0) is 42.9. The fourth-order valence-electron chi connectivity index (χ4n) is 13.2. The molecule has 0 bridgehead atoms. The third-order valence-electron chi connectivity index (χ3n) is 16.2. The summed E-state index contributed by atoms with van der Waals surface area (Å²) >= 11 is 0. The predicted molar refractivity (Wildman–Crippen MR) is 224 cm³/mol. The second-order valence-electron chi connectivity index (χ2n) is 21.2. The summed E-state index contributed by atoms with van der Waals surface area (Å²) in [5.74, 6) is 0.336. The second kappa shape index (κ2) is 17.6. The third-order valence-corrected chi connectivity index (χ3v) is 16.2. The first-order valence-electron chi connectivity index (χ1n) is 24.1. The van der Waals surface area contributed by atoms with E-state index in [0.29, 0.717) is 56.4 Å². The van der Waals surface area contributed by atoms with Crippen LogP contribution in [0.4, 0.5) is 0 Å².